The van der Waals surface area contributed by atoms with Crippen LogP contribution >= 0.6 is 0 Å². The van der Waals surface area contributed by atoms with Crippen LogP contribution in [0.3, 0.4) is 0 Å². The van der Waals surface area contributed by atoms with Crippen LogP contribution in [0.4, 0.5) is 0 Å². The van der Waals surface area contributed by atoms with Crippen molar-refractivity contribution in [2.24, 2.45) is 0 Å². The van der Waals surface area contributed by atoms with E-state index in [1.807, 2.05) is 5.06 Å². The molecule has 0 aromatic carbocycles. The van der Waals surface area contributed by atoms with Gasteiger partial charge in [-0.2, -0.15) is 5.06 Å². The van der Waals surface area contributed by atoms with Gasteiger partial charge in [-0.25, -0.2) is 0 Å². The van der Waals surface area contributed by atoms with Crippen LogP contribution in [0.1, 0.15) is 13.3 Å². The predicted molar refractivity (Wildman–Crippen MR) is 46.7 cm³/mol. The summed E-state index contributed by atoms with van der Waals surface area (Å²) in [7, 11) is 0. The van der Waals surface area contributed by atoms with Crippen LogP contribution in [0.15, 0.2) is 0 Å². The Balaban J connectivity index is 1.98. The molecule has 1 rings (SSSR count). The Labute approximate surface area is 73.5 Å². The third-order valence-corrected chi connectivity index (χ3v) is 1.89. The number of aliphatic hydroxyl groups is 1. The van der Waals surface area contributed by atoms with Gasteiger partial charge < -0.3 is 10.4 Å². The molecule has 0 saturated carbocycles. The number of aliphatic hydroxyl groups excluding tert-OH is 1. The van der Waals surface area contributed by atoms with Crippen molar-refractivity contribution < 1.29 is 9.94 Å². The fraction of sp³-hybridized carbons (Fsp3) is 1.00. The third-order valence-electron chi connectivity index (χ3n) is 1.89. The van der Waals surface area contributed by atoms with Crippen LogP contribution in [0, 0.1) is 0 Å². The summed E-state index contributed by atoms with van der Waals surface area (Å²) in [4.78, 5) is 5.43. The molecule has 0 amide bonds. The molecule has 1 aliphatic rings. The lowest BCUT2D eigenvalue weighted by Crippen LogP contribution is -2.43. The molecule has 2 N–H and O–H groups in total. The zero-order chi connectivity index (χ0) is 8.81. The number of nitrogens with zero attached hydrogens (tertiary/aromatic N) is 1. The van der Waals surface area contributed by atoms with Gasteiger partial charge in [0, 0.05) is 26.2 Å². The van der Waals surface area contributed by atoms with Gasteiger partial charge in [-0.1, -0.05) is 0 Å². The van der Waals surface area contributed by atoms with Gasteiger partial charge in [0.05, 0.1) is 12.7 Å². The van der Waals surface area contributed by atoms with Gasteiger partial charge in [-0.3, -0.25) is 4.84 Å². The van der Waals surface area contributed by atoms with Gasteiger partial charge in [0.2, 0.25) is 0 Å². The van der Waals surface area contributed by atoms with Crippen LogP contribution in [0.5, 0.6) is 0 Å². The molecule has 0 spiro atoms. The summed E-state index contributed by atoms with van der Waals surface area (Å²) in [5.74, 6) is 0. The van der Waals surface area contributed by atoms with Crippen LogP contribution in [-0.4, -0.2) is 49.1 Å². The van der Waals surface area contributed by atoms with Crippen molar-refractivity contribution >= 4 is 0 Å². The highest BCUT2D eigenvalue weighted by atomic mass is 16.7. The summed E-state index contributed by atoms with van der Waals surface area (Å²) < 4.78 is 0. The number of nitrogens with one attached hydrogen (secondary N) is 1. The Kier molecular flexibility index (Phi) is 4.53. The van der Waals surface area contributed by atoms with E-state index in [-0.39, 0.29) is 6.10 Å². The molecule has 1 fully saturated rings. The highest BCUT2D eigenvalue weighted by Crippen LogP contribution is 1.96. The van der Waals surface area contributed by atoms with Crippen molar-refractivity contribution in [1.82, 2.24) is 10.4 Å². The molecule has 1 aliphatic heterocycles. The Bertz CT molecular complexity index is 114. The zero-order valence-electron chi connectivity index (χ0n) is 7.62. The summed E-state index contributed by atoms with van der Waals surface area (Å²) in [6.45, 7) is 6.28. The molecule has 0 radical (unpaired) electrons. The molecule has 0 aromatic heterocycles. The first-order valence-corrected chi connectivity index (χ1v) is 4.55. The van der Waals surface area contributed by atoms with Gasteiger partial charge in [0.1, 0.15) is 0 Å². The predicted octanol–water partition coefficient (Wildman–Crippen LogP) is -0.406. The highest BCUT2D eigenvalue weighted by molar-refractivity contribution is 4.60. The van der Waals surface area contributed by atoms with E-state index in [1.165, 1.54) is 0 Å². The molecular formula is C8H18N2O2. The Morgan fingerprint density at radius 1 is 1.50 bits per heavy atom. The van der Waals surface area contributed by atoms with E-state index >= 15 is 0 Å². The van der Waals surface area contributed by atoms with Gasteiger partial charge in [0.15, 0.2) is 0 Å². The summed E-state index contributed by atoms with van der Waals surface area (Å²) in [6.07, 6.45) is 0.456. The Morgan fingerprint density at radius 2 is 2.17 bits per heavy atom. The lowest BCUT2D eigenvalue weighted by Gasteiger charge is -2.26. The van der Waals surface area contributed by atoms with Gasteiger partial charge in [-0.05, 0) is 13.3 Å². The van der Waals surface area contributed by atoms with E-state index in [0.29, 0.717) is 13.0 Å². The molecule has 1 heterocycles. The first-order valence-electron chi connectivity index (χ1n) is 4.55. The Morgan fingerprint density at radius 3 is 2.75 bits per heavy atom. The van der Waals surface area contributed by atoms with Gasteiger partial charge in [0.25, 0.3) is 0 Å². The van der Waals surface area contributed by atoms with Crippen LogP contribution in [-0.2, 0) is 4.84 Å². The van der Waals surface area contributed by atoms with Crippen LogP contribution in [0.25, 0.3) is 0 Å². The van der Waals surface area contributed by atoms with Crippen LogP contribution < -0.4 is 5.32 Å². The fourth-order valence-electron chi connectivity index (χ4n) is 1.13. The number of rotatable bonds is 4. The SMILES string of the molecule is C[C@@H](O)CCON1CCNCC1. The molecule has 0 unspecified atom stereocenters. The van der Waals surface area contributed by atoms with E-state index < -0.39 is 0 Å². The smallest absolute Gasteiger partial charge is 0.0709 e. The average Bonchev–Trinajstić information content (AvgIpc) is 2.05. The van der Waals surface area contributed by atoms with E-state index in [2.05, 4.69) is 5.32 Å². The normalized spacial score (nSPS) is 22.5. The molecule has 0 aromatic rings. The third kappa shape index (κ3) is 4.01. The van der Waals surface area contributed by atoms with Crippen molar-refractivity contribution in [2.75, 3.05) is 32.8 Å². The Hall–Kier alpha value is -0.160. The average molecular weight is 174 g/mol. The van der Waals surface area contributed by atoms with Crippen molar-refractivity contribution in [2.45, 2.75) is 19.4 Å². The van der Waals surface area contributed by atoms with Gasteiger partial charge in [-0.15, -0.1) is 0 Å². The maximum absolute atomic E-state index is 8.97. The number of hydroxylamine groups is 2. The topological polar surface area (TPSA) is 44.7 Å². The monoisotopic (exact) mass is 174 g/mol. The number of piperazine rings is 1. The lowest BCUT2D eigenvalue weighted by molar-refractivity contribution is -0.168. The second kappa shape index (κ2) is 5.48. The standard InChI is InChI=1S/C8H18N2O2/c1-8(11)2-7-12-10-5-3-9-4-6-10/h8-9,11H,2-7H2,1H3/t8-/m1/s1. The van der Waals surface area contributed by atoms with E-state index in [4.69, 9.17) is 9.94 Å². The molecule has 4 nitrogen and oxygen atoms in total. The van der Waals surface area contributed by atoms with Crippen molar-refractivity contribution in [3.63, 3.8) is 0 Å². The quantitative estimate of drug-likeness (QED) is 0.608. The minimum absolute atomic E-state index is 0.257. The van der Waals surface area contributed by atoms with E-state index in [9.17, 15) is 0 Å². The zero-order valence-corrected chi connectivity index (χ0v) is 7.62. The molecular weight excluding hydrogens is 156 g/mol. The van der Waals surface area contributed by atoms with E-state index in [0.717, 1.165) is 26.2 Å². The van der Waals surface area contributed by atoms with E-state index in [1.54, 1.807) is 6.92 Å². The molecule has 0 bridgehead atoms. The van der Waals surface area contributed by atoms with Crippen molar-refractivity contribution in [3.05, 3.63) is 0 Å². The first-order chi connectivity index (χ1) is 5.79. The molecule has 1 saturated heterocycles. The minimum Gasteiger partial charge on any atom is -0.393 e. The number of hydrogen-bond donors (Lipinski definition) is 2. The second-order valence-electron chi connectivity index (χ2n) is 3.15. The van der Waals surface area contributed by atoms with Crippen LogP contribution in [0.2, 0.25) is 0 Å². The summed E-state index contributed by atoms with van der Waals surface area (Å²) >= 11 is 0. The maximum atomic E-state index is 8.97. The fourth-order valence-corrected chi connectivity index (χ4v) is 1.13. The molecule has 1 atom stereocenters. The largest absolute Gasteiger partial charge is 0.393 e. The second-order valence-corrected chi connectivity index (χ2v) is 3.15. The molecule has 0 aliphatic carbocycles. The lowest BCUT2D eigenvalue weighted by atomic mass is 10.3. The van der Waals surface area contributed by atoms with Crippen molar-refractivity contribution in [3.8, 4) is 0 Å². The summed E-state index contributed by atoms with van der Waals surface area (Å²) in [6, 6.07) is 0. The maximum Gasteiger partial charge on any atom is 0.0709 e. The number of hydrogen-bond acceptors (Lipinski definition) is 4. The summed E-state index contributed by atoms with van der Waals surface area (Å²) in [5.41, 5.74) is 0. The highest BCUT2D eigenvalue weighted by Gasteiger charge is 2.09. The van der Waals surface area contributed by atoms with Gasteiger partial charge >= 0.3 is 0 Å². The molecule has 12 heavy (non-hydrogen) atoms. The minimum atomic E-state index is -0.257. The molecule has 4 heteroatoms. The van der Waals surface area contributed by atoms with Crippen molar-refractivity contribution in [1.29, 1.82) is 0 Å². The molecule has 72 valence electrons. The summed E-state index contributed by atoms with van der Waals surface area (Å²) in [5, 5.41) is 14.2. The first kappa shape index (κ1) is 9.92.